The van der Waals surface area contributed by atoms with Crippen molar-refractivity contribution in [3.05, 3.63) is 24.8 Å². The quantitative estimate of drug-likeness (QED) is 0.439. The topological polar surface area (TPSA) is 0 Å². The normalized spacial score (nSPS) is 7.15. The standard InChI is InChI=1S/C13H12/c1-3-5-7-9-11-13-12-10-8-6-4-2/h3,5,7H,1,4,6H2,2H3/b7-5+. The lowest BCUT2D eigenvalue weighted by Gasteiger charge is -1.71. The van der Waals surface area contributed by atoms with Crippen LogP contribution < -0.4 is 0 Å². The van der Waals surface area contributed by atoms with E-state index in [2.05, 4.69) is 49.0 Å². The van der Waals surface area contributed by atoms with Crippen LogP contribution in [0.5, 0.6) is 0 Å². The van der Waals surface area contributed by atoms with Gasteiger partial charge in [0.15, 0.2) is 0 Å². The summed E-state index contributed by atoms with van der Waals surface area (Å²) in [5.41, 5.74) is 0. The average Bonchev–Trinajstić information content (AvgIpc) is 2.16. The molecule has 0 aliphatic heterocycles. The average molecular weight is 168 g/mol. The summed E-state index contributed by atoms with van der Waals surface area (Å²) in [6, 6.07) is 0. The van der Waals surface area contributed by atoms with Gasteiger partial charge in [0, 0.05) is 6.42 Å². The Morgan fingerprint density at radius 2 is 1.92 bits per heavy atom. The van der Waals surface area contributed by atoms with E-state index in [4.69, 9.17) is 0 Å². The van der Waals surface area contributed by atoms with Gasteiger partial charge in [-0.2, -0.15) is 0 Å². The van der Waals surface area contributed by atoms with E-state index in [-0.39, 0.29) is 0 Å². The molecule has 0 amide bonds. The van der Waals surface area contributed by atoms with Crippen molar-refractivity contribution in [1.29, 1.82) is 0 Å². The van der Waals surface area contributed by atoms with Gasteiger partial charge < -0.3 is 0 Å². The molecule has 0 aromatic rings. The second kappa shape index (κ2) is 10.2. The first-order valence-corrected chi connectivity index (χ1v) is 4.17. The van der Waals surface area contributed by atoms with Crippen molar-refractivity contribution in [2.45, 2.75) is 19.8 Å². The molecule has 0 N–H and O–H groups in total. The molecule has 0 fully saturated rings. The van der Waals surface area contributed by atoms with Gasteiger partial charge in [0.1, 0.15) is 0 Å². The van der Waals surface area contributed by atoms with Crippen LogP contribution >= 0.6 is 0 Å². The van der Waals surface area contributed by atoms with Crippen LogP contribution in [0.2, 0.25) is 0 Å². The van der Waals surface area contributed by atoms with Crippen molar-refractivity contribution in [3.8, 4) is 35.5 Å². The van der Waals surface area contributed by atoms with Gasteiger partial charge in [-0.15, -0.1) is 0 Å². The van der Waals surface area contributed by atoms with E-state index in [9.17, 15) is 0 Å². The van der Waals surface area contributed by atoms with Crippen LogP contribution in [0.25, 0.3) is 0 Å². The molecule has 0 aromatic carbocycles. The zero-order valence-corrected chi connectivity index (χ0v) is 7.85. The third-order valence-electron chi connectivity index (χ3n) is 1.04. The van der Waals surface area contributed by atoms with Gasteiger partial charge in [-0.05, 0) is 36.2 Å². The molecule has 13 heavy (non-hydrogen) atoms. The number of rotatable bonds is 2. The van der Waals surface area contributed by atoms with Gasteiger partial charge in [-0.3, -0.25) is 0 Å². The van der Waals surface area contributed by atoms with E-state index in [1.807, 2.05) is 0 Å². The minimum atomic E-state index is 0.901. The summed E-state index contributed by atoms with van der Waals surface area (Å²) in [4.78, 5) is 0. The minimum Gasteiger partial charge on any atom is -0.0990 e. The molecule has 0 bridgehead atoms. The number of allylic oxidation sites excluding steroid dienone is 3. The van der Waals surface area contributed by atoms with Gasteiger partial charge in [0.2, 0.25) is 0 Å². The molecular formula is C13H12. The molecule has 0 aliphatic carbocycles. The van der Waals surface area contributed by atoms with Crippen LogP contribution in [-0.2, 0) is 0 Å². The van der Waals surface area contributed by atoms with E-state index < -0.39 is 0 Å². The highest BCUT2D eigenvalue weighted by Crippen LogP contribution is 1.79. The Morgan fingerprint density at radius 1 is 1.15 bits per heavy atom. The Hall–Kier alpha value is -1.84. The van der Waals surface area contributed by atoms with Gasteiger partial charge in [-0.1, -0.05) is 37.5 Å². The van der Waals surface area contributed by atoms with Crippen LogP contribution in [0.3, 0.4) is 0 Å². The van der Waals surface area contributed by atoms with Crippen LogP contribution in [0, 0.1) is 35.5 Å². The zero-order chi connectivity index (χ0) is 9.78. The van der Waals surface area contributed by atoms with Crippen LogP contribution in [0.4, 0.5) is 0 Å². The predicted molar refractivity (Wildman–Crippen MR) is 57.6 cm³/mol. The molecule has 0 atom stereocenters. The molecule has 0 heteroatoms. The Kier molecular flexibility index (Phi) is 8.72. The molecule has 0 heterocycles. The lowest BCUT2D eigenvalue weighted by atomic mass is 10.3. The highest BCUT2D eigenvalue weighted by Gasteiger charge is 1.65. The van der Waals surface area contributed by atoms with E-state index in [0.29, 0.717) is 0 Å². The van der Waals surface area contributed by atoms with E-state index in [1.165, 1.54) is 0 Å². The van der Waals surface area contributed by atoms with Gasteiger partial charge in [0.05, 0.1) is 0 Å². The van der Waals surface area contributed by atoms with Crippen molar-refractivity contribution in [1.82, 2.24) is 0 Å². The SMILES string of the molecule is C=C/C=C/C#CC#CC#CCCC. The maximum Gasteiger partial charge on any atom is 0.00963 e. The second-order valence-electron chi connectivity index (χ2n) is 2.17. The third kappa shape index (κ3) is 10.2. The maximum absolute atomic E-state index is 3.52. The number of hydrogen-bond donors (Lipinski definition) is 0. The fourth-order valence-electron chi connectivity index (χ4n) is 0.488. The van der Waals surface area contributed by atoms with Crippen molar-refractivity contribution in [2.24, 2.45) is 0 Å². The molecule has 0 spiro atoms. The highest BCUT2D eigenvalue weighted by atomic mass is 13.7. The number of hydrogen-bond acceptors (Lipinski definition) is 0. The molecule has 0 saturated carbocycles. The Labute approximate surface area is 80.7 Å². The molecule has 64 valence electrons. The maximum atomic E-state index is 3.52. The van der Waals surface area contributed by atoms with Crippen molar-refractivity contribution < 1.29 is 0 Å². The van der Waals surface area contributed by atoms with Crippen LogP contribution in [0.15, 0.2) is 24.8 Å². The molecule has 0 saturated heterocycles. The first-order valence-electron chi connectivity index (χ1n) is 4.17. The third-order valence-corrected chi connectivity index (χ3v) is 1.04. The van der Waals surface area contributed by atoms with Crippen molar-refractivity contribution in [2.75, 3.05) is 0 Å². The monoisotopic (exact) mass is 168 g/mol. The minimum absolute atomic E-state index is 0.901. The second-order valence-corrected chi connectivity index (χ2v) is 2.17. The summed E-state index contributed by atoms with van der Waals surface area (Å²) in [7, 11) is 0. The Balaban J connectivity index is 3.84. The molecule has 0 aliphatic rings. The Morgan fingerprint density at radius 3 is 2.62 bits per heavy atom. The summed E-state index contributed by atoms with van der Waals surface area (Å²) >= 11 is 0. The van der Waals surface area contributed by atoms with Crippen LogP contribution in [0.1, 0.15) is 19.8 Å². The van der Waals surface area contributed by atoms with Crippen molar-refractivity contribution in [3.63, 3.8) is 0 Å². The molecule has 0 unspecified atom stereocenters. The fraction of sp³-hybridized carbons (Fsp3) is 0.231. The highest BCUT2D eigenvalue weighted by molar-refractivity contribution is 5.37. The summed E-state index contributed by atoms with van der Waals surface area (Å²) in [6.45, 7) is 5.60. The van der Waals surface area contributed by atoms with Gasteiger partial charge in [-0.25, -0.2) is 0 Å². The first kappa shape index (κ1) is 11.2. The van der Waals surface area contributed by atoms with E-state index in [1.54, 1.807) is 18.2 Å². The summed E-state index contributed by atoms with van der Waals surface area (Å²) < 4.78 is 0. The van der Waals surface area contributed by atoms with Crippen LogP contribution in [-0.4, -0.2) is 0 Å². The van der Waals surface area contributed by atoms with Gasteiger partial charge >= 0.3 is 0 Å². The molecule has 0 nitrogen and oxygen atoms in total. The zero-order valence-electron chi connectivity index (χ0n) is 7.85. The Bertz CT molecular complexity index is 337. The number of unbranched alkanes of at least 4 members (excludes halogenated alkanes) is 1. The smallest absolute Gasteiger partial charge is 0.00963 e. The summed E-state index contributed by atoms with van der Waals surface area (Å²) in [6.07, 6.45) is 7.10. The lowest BCUT2D eigenvalue weighted by molar-refractivity contribution is 0.983. The molecular weight excluding hydrogens is 156 g/mol. The molecule has 0 aromatic heterocycles. The molecule has 0 rings (SSSR count). The van der Waals surface area contributed by atoms with E-state index >= 15 is 0 Å². The van der Waals surface area contributed by atoms with E-state index in [0.717, 1.165) is 12.8 Å². The van der Waals surface area contributed by atoms with Crippen molar-refractivity contribution >= 4 is 0 Å². The lowest BCUT2D eigenvalue weighted by Crippen LogP contribution is -1.59. The van der Waals surface area contributed by atoms with Gasteiger partial charge in [0.25, 0.3) is 0 Å². The predicted octanol–water partition coefficient (Wildman–Crippen LogP) is 2.54. The summed E-state index contributed by atoms with van der Waals surface area (Å²) in [5.74, 6) is 16.3. The summed E-state index contributed by atoms with van der Waals surface area (Å²) in [5, 5.41) is 0. The largest absolute Gasteiger partial charge is 0.0990 e. The first-order chi connectivity index (χ1) is 6.41. The fourth-order valence-corrected chi connectivity index (χ4v) is 0.488. The molecule has 0 radical (unpaired) electrons.